The van der Waals surface area contributed by atoms with Gasteiger partial charge in [-0.25, -0.2) is 15.0 Å². The SMILES string of the molecule is Bc1ccc(-c2ccc(-c3nc(-c4ccc(C(C)(C)C)cc4)nc(C(C)(C)C)n3)cn2)cc1. The first-order valence-corrected chi connectivity index (χ1v) is 11.4. The van der Waals surface area contributed by atoms with Crippen molar-refractivity contribution in [2.75, 3.05) is 0 Å². The van der Waals surface area contributed by atoms with Crippen LogP contribution in [-0.4, -0.2) is 27.8 Å². The van der Waals surface area contributed by atoms with Gasteiger partial charge in [-0.3, -0.25) is 4.98 Å². The minimum absolute atomic E-state index is 0.101. The summed E-state index contributed by atoms with van der Waals surface area (Å²) in [6.07, 6.45) is 1.85. The zero-order valence-electron chi connectivity index (χ0n) is 20.6. The van der Waals surface area contributed by atoms with Crippen LogP contribution in [0, 0.1) is 0 Å². The number of benzene rings is 2. The van der Waals surface area contributed by atoms with Crippen molar-refractivity contribution in [1.82, 2.24) is 19.9 Å². The third-order valence-corrected chi connectivity index (χ3v) is 5.68. The molecule has 5 heteroatoms. The summed E-state index contributed by atoms with van der Waals surface area (Å²) in [6, 6.07) is 21.0. The molecule has 0 aliphatic carbocycles. The van der Waals surface area contributed by atoms with E-state index in [9.17, 15) is 0 Å². The van der Waals surface area contributed by atoms with Gasteiger partial charge < -0.3 is 0 Å². The fourth-order valence-electron chi connectivity index (χ4n) is 3.51. The summed E-state index contributed by atoms with van der Waals surface area (Å²) in [4.78, 5) is 19.2. The molecular weight excluding hydrogens is 403 g/mol. The molecule has 0 bridgehead atoms. The monoisotopic (exact) mass is 434 g/mol. The van der Waals surface area contributed by atoms with Crippen molar-refractivity contribution in [2.45, 2.75) is 52.4 Å². The fraction of sp³-hybridized carbons (Fsp3) is 0.286. The van der Waals surface area contributed by atoms with Crippen LogP contribution in [0.25, 0.3) is 34.0 Å². The Kier molecular flexibility index (Phi) is 5.92. The lowest BCUT2D eigenvalue weighted by molar-refractivity contribution is 0.543. The second kappa shape index (κ2) is 8.55. The van der Waals surface area contributed by atoms with Crippen LogP contribution < -0.4 is 5.46 Å². The van der Waals surface area contributed by atoms with E-state index >= 15 is 0 Å². The summed E-state index contributed by atoms with van der Waals surface area (Å²) < 4.78 is 0. The molecule has 0 amide bonds. The maximum absolute atomic E-state index is 4.83. The largest absolute Gasteiger partial charge is 0.255 e. The van der Waals surface area contributed by atoms with E-state index in [1.54, 1.807) is 0 Å². The van der Waals surface area contributed by atoms with E-state index < -0.39 is 0 Å². The summed E-state index contributed by atoms with van der Waals surface area (Å²) in [5, 5.41) is 0. The topological polar surface area (TPSA) is 51.6 Å². The van der Waals surface area contributed by atoms with E-state index in [4.69, 9.17) is 15.0 Å². The molecule has 0 aliphatic heterocycles. The van der Waals surface area contributed by atoms with Gasteiger partial charge in [0, 0.05) is 28.3 Å². The Labute approximate surface area is 198 Å². The van der Waals surface area contributed by atoms with Crippen molar-refractivity contribution in [3.05, 3.63) is 78.2 Å². The van der Waals surface area contributed by atoms with E-state index in [1.807, 2.05) is 18.3 Å². The number of aromatic nitrogens is 4. The molecule has 2 heterocycles. The summed E-state index contributed by atoms with van der Waals surface area (Å²) in [6.45, 7) is 13.0. The number of nitrogens with zero attached hydrogens (tertiary/aromatic N) is 4. The number of hydrogen-bond acceptors (Lipinski definition) is 4. The molecule has 2 aromatic heterocycles. The van der Waals surface area contributed by atoms with E-state index in [0.717, 1.165) is 28.2 Å². The summed E-state index contributed by atoms with van der Waals surface area (Å²) in [7, 11) is 2.09. The Morgan fingerprint density at radius 3 is 1.64 bits per heavy atom. The Bertz CT molecular complexity index is 1250. The lowest BCUT2D eigenvalue weighted by Crippen LogP contribution is -2.18. The van der Waals surface area contributed by atoms with Gasteiger partial charge in [0.05, 0.1) is 5.69 Å². The quantitative estimate of drug-likeness (QED) is 0.420. The Balaban J connectivity index is 1.74. The van der Waals surface area contributed by atoms with Gasteiger partial charge in [-0.1, -0.05) is 95.5 Å². The van der Waals surface area contributed by atoms with E-state index in [2.05, 4.69) is 103 Å². The summed E-state index contributed by atoms with van der Waals surface area (Å²) in [5.74, 6) is 2.10. The molecule has 4 rings (SSSR count). The molecule has 4 nitrogen and oxygen atoms in total. The van der Waals surface area contributed by atoms with Crippen LogP contribution in [0.1, 0.15) is 52.9 Å². The van der Waals surface area contributed by atoms with Gasteiger partial charge in [0.2, 0.25) is 0 Å². The molecule has 0 aliphatic rings. The zero-order chi connectivity index (χ0) is 23.8. The van der Waals surface area contributed by atoms with Gasteiger partial charge in [0.1, 0.15) is 13.7 Å². The molecule has 0 N–H and O–H groups in total. The average molecular weight is 434 g/mol. The predicted octanol–water partition coefficient (Wildman–Crippen LogP) is 5.12. The average Bonchev–Trinajstić information content (AvgIpc) is 2.78. The molecule has 0 saturated heterocycles. The maximum Gasteiger partial charge on any atom is 0.165 e. The highest BCUT2D eigenvalue weighted by Crippen LogP contribution is 2.28. The number of rotatable bonds is 3. The van der Waals surface area contributed by atoms with Crippen LogP contribution in [0.15, 0.2) is 66.9 Å². The highest BCUT2D eigenvalue weighted by Gasteiger charge is 2.21. The van der Waals surface area contributed by atoms with Gasteiger partial charge in [0.15, 0.2) is 11.6 Å². The van der Waals surface area contributed by atoms with E-state index in [0.29, 0.717) is 11.6 Å². The molecule has 2 aromatic carbocycles. The minimum Gasteiger partial charge on any atom is -0.255 e. The smallest absolute Gasteiger partial charge is 0.165 e. The van der Waals surface area contributed by atoms with Gasteiger partial charge in [-0.2, -0.15) is 0 Å². The molecule has 0 atom stereocenters. The molecule has 0 spiro atoms. The van der Waals surface area contributed by atoms with Gasteiger partial charge in [-0.05, 0) is 23.1 Å². The molecule has 33 heavy (non-hydrogen) atoms. The van der Waals surface area contributed by atoms with Crippen molar-refractivity contribution in [3.63, 3.8) is 0 Å². The fourth-order valence-corrected chi connectivity index (χ4v) is 3.51. The molecule has 166 valence electrons. The lowest BCUT2D eigenvalue weighted by atomic mass is 9.86. The first-order chi connectivity index (χ1) is 15.5. The third-order valence-electron chi connectivity index (χ3n) is 5.68. The van der Waals surface area contributed by atoms with Crippen LogP contribution in [0.5, 0.6) is 0 Å². The highest BCUT2D eigenvalue weighted by molar-refractivity contribution is 6.32. The van der Waals surface area contributed by atoms with Crippen LogP contribution in [0.2, 0.25) is 0 Å². The van der Waals surface area contributed by atoms with Gasteiger partial charge in [0.25, 0.3) is 0 Å². The molecule has 4 aromatic rings. The van der Waals surface area contributed by atoms with Crippen molar-refractivity contribution in [2.24, 2.45) is 0 Å². The van der Waals surface area contributed by atoms with Crippen molar-refractivity contribution in [3.8, 4) is 34.0 Å². The van der Waals surface area contributed by atoms with Crippen molar-refractivity contribution in [1.29, 1.82) is 0 Å². The predicted molar refractivity (Wildman–Crippen MR) is 140 cm³/mol. The summed E-state index contributed by atoms with van der Waals surface area (Å²) in [5.41, 5.74) is 6.32. The molecule has 0 saturated carbocycles. The lowest BCUT2D eigenvalue weighted by Gasteiger charge is -2.20. The van der Waals surface area contributed by atoms with Gasteiger partial charge in [-0.15, -0.1) is 0 Å². The Morgan fingerprint density at radius 1 is 0.576 bits per heavy atom. The van der Waals surface area contributed by atoms with Crippen LogP contribution >= 0.6 is 0 Å². The van der Waals surface area contributed by atoms with Crippen LogP contribution in [0.3, 0.4) is 0 Å². The van der Waals surface area contributed by atoms with Crippen LogP contribution in [0.4, 0.5) is 0 Å². The van der Waals surface area contributed by atoms with E-state index in [-0.39, 0.29) is 10.8 Å². The maximum atomic E-state index is 4.83. The molecule has 0 unspecified atom stereocenters. The zero-order valence-corrected chi connectivity index (χ0v) is 20.6. The second-order valence-electron chi connectivity index (χ2n) is 10.7. The normalized spacial score (nSPS) is 12.1. The first kappa shape index (κ1) is 22.8. The Morgan fingerprint density at radius 2 is 1.12 bits per heavy atom. The molecular formula is C28H31BN4. The Hall–Kier alpha value is -3.34. The van der Waals surface area contributed by atoms with Crippen LogP contribution in [-0.2, 0) is 10.8 Å². The summed E-state index contributed by atoms with van der Waals surface area (Å²) >= 11 is 0. The number of pyridine rings is 1. The molecule has 0 fully saturated rings. The molecule has 0 radical (unpaired) electrons. The minimum atomic E-state index is -0.201. The highest BCUT2D eigenvalue weighted by atomic mass is 15.0. The standard InChI is InChI=1S/C28H31BN4/c1-27(2,3)21-12-7-19(8-13-21)24-31-25(33-26(32-24)28(4,5)6)20-11-16-23(30-17-20)18-9-14-22(29)15-10-18/h7-17H,29H2,1-6H3. The third kappa shape index (κ3) is 5.19. The second-order valence-corrected chi connectivity index (χ2v) is 10.7. The van der Waals surface area contributed by atoms with Gasteiger partial charge >= 0.3 is 0 Å². The van der Waals surface area contributed by atoms with Crippen molar-refractivity contribution >= 4 is 13.3 Å². The first-order valence-electron chi connectivity index (χ1n) is 11.4. The number of hydrogen-bond donors (Lipinski definition) is 0. The van der Waals surface area contributed by atoms with E-state index in [1.165, 1.54) is 11.0 Å². The van der Waals surface area contributed by atoms with Crippen molar-refractivity contribution < 1.29 is 0 Å².